The molecule has 0 amide bonds. The number of carbonyl (C=O) groups excluding carboxylic acids is 1. The van der Waals surface area contributed by atoms with Gasteiger partial charge in [0.25, 0.3) is 0 Å². The van der Waals surface area contributed by atoms with Crippen LogP contribution in [0.3, 0.4) is 0 Å². The van der Waals surface area contributed by atoms with Crippen molar-refractivity contribution in [3.05, 3.63) is 0 Å². The summed E-state index contributed by atoms with van der Waals surface area (Å²) in [5, 5.41) is -0.211. The van der Waals surface area contributed by atoms with Gasteiger partial charge in [0, 0.05) is 32.6 Å². The molecule has 0 unspecified atom stereocenters. The summed E-state index contributed by atoms with van der Waals surface area (Å²) < 4.78 is 0. The van der Waals surface area contributed by atoms with Crippen LogP contribution in [-0.4, -0.2) is 54.3 Å². The molecule has 14 heavy (non-hydrogen) atoms. The van der Waals surface area contributed by atoms with Gasteiger partial charge in [0.1, 0.15) is 0 Å². The molecule has 0 spiro atoms. The quantitative estimate of drug-likeness (QED) is 0.648. The number of piperazine rings is 1. The predicted octanol–water partition coefficient (Wildman–Crippen LogP) is 1.17. The highest BCUT2D eigenvalue weighted by Crippen LogP contribution is 2.03. The second-order valence-electron chi connectivity index (χ2n) is 3.73. The summed E-state index contributed by atoms with van der Waals surface area (Å²) in [5.41, 5.74) is 0. The minimum Gasteiger partial charge on any atom is -0.301 e. The number of rotatable bonds is 5. The normalized spacial score (nSPS) is 19.9. The molecule has 0 aliphatic carbocycles. The number of hydrogen-bond donors (Lipinski definition) is 0. The lowest BCUT2D eigenvalue weighted by Gasteiger charge is -2.33. The van der Waals surface area contributed by atoms with E-state index in [1.54, 1.807) is 0 Å². The maximum Gasteiger partial charge on any atom is 0.221 e. The van der Waals surface area contributed by atoms with E-state index in [1.165, 1.54) is 0 Å². The van der Waals surface area contributed by atoms with Crippen molar-refractivity contribution in [3.63, 3.8) is 0 Å². The number of hydrogen-bond acceptors (Lipinski definition) is 3. The van der Waals surface area contributed by atoms with Crippen LogP contribution in [0.1, 0.15) is 19.8 Å². The number of nitrogens with zero attached hydrogens (tertiary/aromatic N) is 2. The van der Waals surface area contributed by atoms with E-state index >= 15 is 0 Å². The molecule has 0 aromatic rings. The third-order valence-corrected chi connectivity index (χ3v) is 2.95. The molecule has 82 valence electrons. The van der Waals surface area contributed by atoms with Crippen molar-refractivity contribution in [2.24, 2.45) is 0 Å². The maximum atomic E-state index is 10.5. The third-order valence-electron chi connectivity index (χ3n) is 2.76. The fourth-order valence-corrected chi connectivity index (χ4v) is 1.90. The molecule has 0 N–H and O–H groups in total. The van der Waals surface area contributed by atoms with E-state index in [-0.39, 0.29) is 5.24 Å². The molecule has 1 aliphatic rings. The van der Waals surface area contributed by atoms with Crippen LogP contribution in [0.25, 0.3) is 0 Å². The summed E-state index contributed by atoms with van der Waals surface area (Å²) >= 11 is 5.28. The summed E-state index contributed by atoms with van der Waals surface area (Å²) in [6, 6.07) is 0. The Morgan fingerprint density at radius 2 is 1.79 bits per heavy atom. The first-order valence-corrected chi connectivity index (χ1v) is 5.73. The standard InChI is InChI=1S/C10H19ClN2O/c1-2-12-6-8-13(9-7-12)5-3-4-10(11)14/h2-9H2,1H3. The van der Waals surface area contributed by atoms with E-state index in [1.807, 2.05) is 0 Å². The SMILES string of the molecule is CCN1CCN(CCCC(=O)Cl)CC1. The minimum absolute atomic E-state index is 0.211. The zero-order valence-electron chi connectivity index (χ0n) is 8.84. The van der Waals surface area contributed by atoms with Gasteiger partial charge in [0.15, 0.2) is 0 Å². The van der Waals surface area contributed by atoms with Gasteiger partial charge in [0.2, 0.25) is 5.24 Å². The molecule has 1 saturated heterocycles. The molecule has 0 bridgehead atoms. The number of halogens is 1. The van der Waals surface area contributed by atoms with Gasteiger partial charge in [0.05, 0.1) is 0 Å². The Balaban J connectivity index is 2.07. The van der Waals surface area contributed by atoms with Gasteiger partial charge in [-0.2, -0.15) is 0 Å². The van der Waals surface area contributed by atoms with Crippen LogP contribution in [0, 0.1) is 0 Å². The molecule has 1 aliphatic heterocycles. The number of carbonyl (C=O) groups is 1. The van der Waals surface area contributed by atoms with E-state index in [2.05, 4.69) is 16.7 Å². The highest BCUT2D eigenvalue weighted by Gasteiger charge is 2.14. The lowest BCUT2D eigenvalue weighted by atomic mass is 10.2. The molecule has 3 nitrogen and oxygen atoms in total. The Morgan fingerprint density at radius 1 is 1.21 bits per heavy atom. The van der Waals surface area contributed by atoms with Gasteiger partial charge in [-0.25, -0.2) is 0 Å². The average Bonchev–Trinajstić information content (AvgIpc) is 2.18. The van der Waals surface area contributed by atoms with Gasteiger partial charge in [-0.15, -0.1) is 0 Å². The average molecular weight is 219 g/mol. The van der Waals surface area contributed by atoms with Gasteiger partial charge in [-0.1, -0.05) is 6.92 Å². The molecule has 1 heterocycles. The van der Waals surface area contributed by atoms with E-state index in [9.17, 15) is 4.79 Å². The molecule has 0 aromatic heterocycles. The fraction of sp³-hybridized carbons (Fsp3) is 0.900. The molecule has 1 fully saturated rings. The summed E-state index contributed by atoms with van der Waals surface area (Å²) in [6.07, 6.45) is 1.41. The Bertz CT molecular complexity index is 179. The van der Waals surface area contributed by atoms with Crippen molar-refractivity contribution < 1.29 is 4.79 Å². The summed E-state index contributed by atoms with van der Waals surface area (Å²) in [4.78, 5) is 15.4. The van der Waals surface area contributed by atoms with Crippen LogP contribution >= 0.6 is 11.6 Å². The van der Waals surface area contributed by atoms with Gasteiger partial charge < -0.3 is 9.80 Å². The Labute approximate surface area is 91.0 Å². The molecular weight excluding hydrogens is 200 g/mol. The summed E-state index contributed by atoms with van der Waals surface area (Å²) in [5.74, 6) is 0. The second-order valence-corrected chi connectivity index (χ2v) is 4.16. The lowest BCUT2D eigenvalue weighted by Crippen LogP contribution is -2.46. The highest BCUT2D eigenvalue weighted by atomic mass is 35.5. The van der Waals surface area contributed by atoms with E-state index in [0.717, 1.165) is 45.7 Å². The zero-order chi connectivity index (χ0) is 10.4. The van der Waals surface area contributed by atoms with E-state index in [0.29, 0.717) is 6.42 Å². The van der Waals surface area contributed by atoms with Crippen LogP contribution in [0.15, 0.2) is 0 Å². The van der Waals surface area contributed by atoms with Crippen molar-refractivity contribution in [1.82, 2.24) is 9.80 Å². The van der Waals surface area contributed by atoms with Crippen LogP contribution in [0.4, 0.5) is 0 Å². The first kappa shape index (κ1) is 12.0. The molecule has 0 radical (unpaired) electrons. The lowest BCUT2D eigenvalue weighted by molar-refractivity contribution is -0.111. The topological polar surface area (TPSA) is 23.6 Å². The molecule has 0 aromatic carbocycles. The third kappa shape index (κ3) is 4.40. The number of likely N-dealkylation sites (N-methyl/N-ethyl adjacent to an activating group) is 1. The summed E-state index contributed by atoms with van der Waals surface area (Å²) in [6.45, 7) is 8.93. The Kier molecular flexibility index (Phi) is 5.45. The molecule has 1 rings (SSSR count). The minimum atomic E-state index is -0.211. The smallest absolute Gasteiger partial charge is 0.221 e. The van der Waals surface area contributed by atoms with Crippen molar-refractivity contribution in [3.8, 4) is 0 Å². The first-order valence-electron chi connectivity index (χ1n) is 5.35. The summed E-state index contributed by atoms with van der Waals surface area (Å²) in [7, 11) is 0. The van der Waals surface area contributed by atoms with E-state index in [4.69, 9.17) is 11.6 Å². The van der Waals surface area contributed by atoms with Crippen molar-refractivity contribution in [1.29, 1.82) is 0 Å². The predicted molar refractivity (Wildman–Crippen MR) is 58.6 cm³/mol. The Morgan fingerprint density at radius 3 is 2.29 bits per heavy atom. The zero-order valence-corrected chi connectivity index (χ0v) is 9.59. The van der Waals surface area contributed by atoms with Gasteiger partial charge in [-0.05, 0) is 31.1 Å². The highest BCUT2D eigenvalue weighted by molar-refractivity contribution is 6.63. The Hall–Kier alpha value is -0.120. The van der Waals surface area contributed by atoms with Crippen LogP contribution < -0.4 is 0 Å². The first-order chi connectivity index (χ1) is 6.72. The van der Waals surface area contributed by atoms with Gasteiger partial charge in [-0.3, -0.25) is 4.79 Å². The fourth-order valence-electron chi connectivity index (χ4n) is 1.77. The molecule has 0 atom stereocenters. The van der Waals surface area contributed by atoms with Crippen molar-refractivity contribution in [2.45, 2.75) is 19.8 Å². The van der Waals surface area contributed by atoms with Gasteiger partial charge >= 0.3 is 0 Å². The van der Waals surface area contributed by atoms with Crippen LogP contribution in [0.2, 0.25) is 0 Å². The van der Waals surface area contributed by atoms with E-state index < -0.39 is 0 Å². The van der Waals surface area contributed by atoms with Crippen molar-refractivity contribution in [2.75, 3.05) is 39.3 Å². The van der Waals surface area contributed by atoms with Crippen molar-refractivity contribution >= 4 is 16.8 Å². The molecule has 0 saturated carbocycles. The second kappa shape index (κ2) is 6.38. The molecular formula is C10H19ClN2O. The monoisotopic (exact) mass is 218 g/mol. The van der Waals surface area contributed by atoms with Crippen LogP contribution in [-0.2, 0) is 4.79 Å². The maximum absolute atomic E-state index is 10.5. The van der Waals surface area contributed by atoms with Crippen LogP contribution in [0.5, 0.6) is 0 Å². The molecule has 4 heteroatoms. The largest absolute Gasteiger partial charge is 0.301 e.